The highest BCUT2D eigenvalue weighted by molar-refractivity contribution is 5.95. The third kappa shape index (κ3) is 7.15. The summed E-state index contributed by atoms with van der Waals surface area (Å²) in [6.45, 7) is -0.0776. The van der Waals surface area contributed by atoms with Crippen LogP contribution in [-0.2, 0) is 19.0 Å². The molecular weight excluding hydrogens is 570 g/mol. The quantitative estimate of drug-likeness (QED) is 0.144. The Hall–Kier alpha value is -3.18. The lowest BCUT2D eigenvalue weighted by Gasteiger charge is -2.48. The van der Waals surface area contributed by atoms with Crippen LogP contribution in [0.5, 0.6) is 5.75 Å². The Labute approximate surface area is 247 Å². The molecule has 2 aromatic carbocycles. The number of hydrogen-bond donors (Lipinski definition) is 8. The van der Waals surface area contributed by atoms with Crippen LogP contribution in [0.4, 0.5) is 0 Å². The van der Waals surface area contributed by atoms with E-state index in [2.05, 4.69) is 5.32 Å². The first kappa shape index (κ1) is 32.7. The van der Waals surface area contributed by atoms with Crippen molar-refractivity contribution in [3.05, 3.63) is 54.1 Å². The Morgan fingerprint density at radius 2 is 1.58 bits per heavy atom. The summed E-state index contributed by atoms with van der Waals surface area (Å²) in [7, 11) is 1.53. The molecule has 4 rings (SSSR count). The van der Waals surface area contributed by atoms with Crippen molar-refractivity contribution in [2.24, 2.45) is 5.92 Å². The van der Waals surface area contributed by atoms with Crippen molar-refractivity contribution in [2.45, 2.75) is 68.1 Å². The molecule has 2 heterocycles. The highest BCUT2D eigenvalue weighted by Crippen LogP contribution is 2.35. The van der Waals surface area contributed by atoms with Gasteiger partial charge in [0.2, 0.25) is 6.29 Å². The molecule has 2 fully saturated rings. The number of ether oxygens (including phenoxy) is 4. The fourth-order valence-electron chi connectivity index (χ4n) is 5.28. The van der Waals surface area contributed by atoms with Crippen LogP contribution < -0.4 is 10.1 Å². The molecular formula is C29H37NO13. The van der Waals surface area contributed by atoms with Crippen LogP contribution in [0.2, 0.25) is 0 Å². The summed E-state index contributed by atoms with van der Waals surface area (Å²) in [6, 6.07) is 13.5. The van der Waals surface area contributed by atoms with Crippen molar-refractivity contribution in [3.63, 3.8) is 0 Å². The fourth-order valence-corrected chi connectivity index (χ4v) is 5.28. The van der Waals surface area contributed by atoms with Crippen LogP contribution in [0.15, 0.2) is 48.5 Å². The lowest BCUT2D eigenvalue weighted by Crippen LogP contribution is -2.67. The fraction of sp³-hybridized carbons (Fsp3) is 0.517. The molecule has 43 heavy (non-hydrogen) atoms. The van der Waals surface area contributed by atoms with Crippen LogP contribution in [0, 0.1) is 5.92 Å². The molecule has 14 nitrogen and oxygen atoms in total. The van der Waals surface area contributed by atoms with E-state index < -0.39 is 86.3 Å². The topological polar surface area (TPSA) is 225 Å². The number of esters is 1. The molecule has 2 saturated heterocycles. The second-order valence-corrected chi connectivity index (χ2v) is 10.5. The lowest BCUT2D eigenvalue weighted by molar-refractivity contribution is -0.302. The highest BCUT2D eigenvalue weighted by Gasteiger charge is 2.55. The Balaban J connectivity index is 1.56. The number of amides is 1. The van der Waals surface area contributed by atoms with E-state index in [9.17, 15) is 45.3 Å². The van der Waals surface area contributed by atoms with E-state index in [0.717, 1.165) is 18.1 Å². The zero-order valence-electron chi connectivity index (χ0n) is 23.5. The van der Waals surface area contributed by atoms with Gasteiger partial charge in [-0.1, -0.05) is 24.3 Å². The van der Waals surface area contributed by atoms with Gasteiger partial charge in [-0.15, -0.1) is 0 Å². The SMILES string of the molecule is CNC(=O)c1cccc(-c2ccc(O[C@H]3O[C@H](COC(C)=O)[C@@H](O)[C@H](C(O)[C@H]4O[C@H](CO)[C@@H](O)[C@@H](O)[C@H]4O)[C@@H]3O)cc2)c1. The minimum absolute atomic E-state index is 0.221. The van der Waals surface area contributed by atoms with Crippen molar-refractivity contribution >= 4 is 11.9 Å². The molecule has 0 aromatic heterocycles. The van der Waals surface area contributed by atoms with Gasteiger partial charge in [-0.25, -0.2) is 0 Å². The standard InChI is InChI=1S/C29H37NO13/c1-13(32)40-12-19-21(33)20(23(35)27-26(38)25(37)22(34)18(11-31)42-27)24(36)29(43-19)41-17-8-6-14(7-9-17)15-4-3-5-16(10-15)28(39)30-2/h3-10,18-27,29,31,33-38H,11-12H2,1-2H3,(H,30,39)/t18-,19-,20-,21-,22-,23?,24+,25-,26-,27-,29+/m1/s1. The van der Waals surface area contributed by atoms with Crippen molar-refractivity contribution in [1.82, 2.24) is 5.32 Å². The number of benzene rings is 2. The van der Waals surface area contributed by atoms with E-state index in [-0.39, 0.29) is 11.7 Å². The van der Waals surface area contributed by atoms with Crippen LogP contribution in [0.3, 0.4) is 0 Å². The summed E-state index contributed by atoms with van der Waals surface area (Å²) < 4.78 is 22.0. The van der Waals surface area contributed by atoms with E-state index in [1.54, 1.807) is 42.5 Å². The number of carbonyl (C=O) groups is 2. The summed E-state index contributed by atoms with van der Waals surface area (Å²) in [6.07, 6.45) is -16.4. The molecule has 14 heteroatoms. The van der Waals surface area contributed by atoms with E-state index in [1.165, 1.54) is 7.05 Å². The van der Waals surface area contributed by atoms with Gasteiger partial charge >= 0.3 is 5.97 Å². The molecule has 236 valence electrons. The third-order valence-electron chi connectivity index (χ3n) is 7.66. The Morgan fingerprint density at radius 3 is 2.21 bits per heavy atom. The molecule has 0 aliphatic carbocycles. The van der Waals surface area contributed by atoms with Gasteiger partial charge in [0.25, 0.3) is 5.91 Å². The van der Waals surface area contributed by atoms with Gasteiger partial charge < -0.3 is 60.0 Å². The smallest absolute Gasteiger partial charge is 0.302 e. The number of carbonyl (C=O) groups excluding carboxylic acids is 2. The first-order valence-corrected chi connectivity index (χ1v) is 13.7. The first-order valence-electron chi connectivity index (χ1n) is 13.7. The number of rotatable bonds is 9. The Bertz CT molecular complexity index is 1240. The zero-order valence-corrected chi connectivity index (χ0v) is 23.5. The molecule has 1 unspecified atom stereocenters. The summed E-state index contributed by atoms with van der Waals surface area (Å²) in [4.78, 5) is 23.5. The maximum Gasteiger partial charge on any atom is 0.302 e. The molecule has 2 aromatic rings. The van der Waals surface area contributed by atoms with Crippen molar-refractivity contribution in [2.75, 3.05) is 20.3 Å². The van der Waals surface area contributed by atoms with E-state index >= 15 is 0 Å². The minimum Gasteiger partial charge on any atom is -0.463 e. The summed E-state index contributed by atoms with van der Waals surface area (Å²) in [5, 5.41) is 76.4. The molecule has 0 saturated carbocycles. The Kier molecular flexibility index (Phi) is 10.7. The monoisotopic (exact) mass is 607 g/mol. The van der Waals surface area contributed by atoms with Crippen LogP contribution in [-0.4, -0.2) is 129 Å². The maximum atomic E-state index is 12.0. The molecule has 0 spiro atoms. The average Bonchev–Trinajstić information content (AvgIpc) is 3.00. The van der Waals surface area contributed by atoms with Gasteiger partial charge in [0, 0.05) is 25.5 Å². The number of aliphatic hydroxyl groups excluding tert-OH is 7. The lowest BCUT2D eigenvalue weighted by atomic mass is 9.79. The van der Waals surface area contributed by atoms with Gasteiger partial charge in [-0.2, -0.15) is 0 Å². The van der Waals surface area contributed by atoms with E-state index in [1.807, 2.05) is 6.07 Å². The molecule has 11 atom stereocenters. The second-order valence-electron chi connectivity index (χ2n) is 10.5. The predicted molar refractivity (Wildman–Crippen MR) is 146 cm³/mol. The minimum atomic E-state index is -1.87. The summed E-state index contributed by atoms with van der Waals surface area (Å²) >= 11 is 0. The zero-order chi connectivity index (χ0) is 31.4. The van der Waals surface area contributed by atoms with Crippen LogP contribution in [0.25, 0.3) is 11.1 Å². The molecule has 8 N–H and O–H groups in total. The third-order valence-corrected chi connectivity index (χ3v) is 7.66. The molecule has 2 aliphatic rings. The summed E-state index contributed by atoms with van der Waals surface area (Å²) in [5.74, 6) is -2.23. The average molecular weight is 608 g/mol. The Morgan fingerprint density at radius 1 is 0.884 bits per heavy atom. The summed E-state index contributed by atoms with van der Waals surface area (Å²) in [5.41, 5.74) is 1.98. The van der Waals surface area contributed by atoms with Gasteiger partial charge in [-0.3, -0.25) is 9.59 Å². The first-order chi connectivity index (χ1) is 20.5. The number of nitrogens with one attached hydrogen (secondary N) is 1. The predicted octanol–water partition coefficient (Wildman–Crippen LogP) is -2.08. The number of aliphatic hydroxyl groups is 7. The molecule has 0 radical (unpaired) electrons. The van der Waals surface area contributed by atoms with Crippen LogP contribution >= 0.6 is 0 Å². The van der Waals surface area contributed by atoms with Gasteiger partial charge in [0.15, 0.2) is 0 Å². The van der Waals surface area contributed by atoms with Crippen molar-refractivity contribution < 1.29 is 64.3 Å². The second kappa shape index (κ2) is 14.1. The van der Waals surface area contributed by atoms with Gasteiger partial charge in [-0.05, 0) is 35.4 Å². The largest absolute Gasteiger partial charge is 0.463 e. The molecule has 2 aliphatic heterocycles. The normalized spacial score (nSPS) is 33.3. The van der Waals surface area contributed by atoms with E-state index in [0.29, 0.717) is 5.56 Å². The van der Waals surface area contributed by atoms with Crippen LogP contribution in [0.1, 0.15) is 17.3 Å². The van der Waals surface area contributed by atoms with Gasteiger partial charge in [0.1, 0.15) is 55.1 Å². The van der Waals surface area contributed by atoms with Crippen molar-refractivity contribution in [3.8, 4) is 16.9 Å². The molecule has 0 bridgehead atoms. The van der Waals surface area contributed by atoms with Crippen molar-refractivity contribution in [1.29, 1.82) is 0 Å². The molecule has 1 amide bonds. The highest BCUT2D eigenvalue weighted by atomic mass is 16.7. The maximum absolute atomic E-state index is 12.0. The van der Waals surface area contributed by atoms with E-state index in [4.69, 9.17) is 18.9 Å². The van der Waals surface area contributed by atoms with Gasteiger partial charge in [0.05, 0.1) is 18.8 Å². The number of hydrogen-bond acceptors (Lipinski definition) is 13.